The fourth-order valence-electron chi connectivity index (χ4n) is 2.08. The normalized spacial score (nSPS) is 14.1. The fourth-order valence-corrected chi connectivity index (χ4v) is 2.70. The van der Waals surface area contributed by atoms with E-state index < -0.39 is 0 Å². The van der Waals surface area contributed by atoms with E-state index in [1.54, 1.807) is 6.07 Å². The molecule has 2 heterocycles. The summed E-state index contributed by atoms with van der Waals surface area (Å²) >= 11 is 1.37. The fraction of sp³-hybridized carbons (Fsp3) is 0.273. The van der Waals surface area contributed by atoms with Crippen molar-refractivity contribution >= 4 is 22.2 Å². The van der Waals surface area contributed by atoms with Gasteiger partial charge in [-0.2, -0.15) is 0 Å². The number of hydrogen-bond acceptors (Lipinski definition) is 5. The van der Waals surface area contributed by atoms with Gasteiger partial charge in [0.2, 0.25) is 5.13 Å². The van der Waals surface area contributed by atoms with Crippen LogP contribution in [0.25, 0.3) is 0 Å². The van der Waals surface area contributed by atoms with Crippen molar-refractivity contribution < 1.29 is 4.39 Å². The highest BCUT2D eigenvalue weighted by molar-refractivity contribution is 7.15. The molecule has 0 unspecified atom stereocenters. The number of nitrogens with two attached hydrogens (primary N) is 1. The molecular formula is C11H11FN4S. The maximum absolute atomic E-state index is 13.2. The van der Waals surface area contributed by atoms with Crippen molar-refractivity contribution in [2.45, 2.75) is 13.0 Å². The van der Waals surface area contributed by atoms with E-state index in [-0.39, 0.29) is 5.82 Å². The van der Waals surface area contributed by atoms with Gasteiger partial charge >= 0.3 is 0 Å². The first-order valence-electron chi connectivity index (χ1n) is 5.33. The predicted molar refractivity (Wildman–Crippen MR) is 65.5 cm³/mol. The SMILES string of the molecule is Nc1nnc(CN2CCc3ccc(F)cc32)s1. The van der Waals surface area contributed by atoms with E-state index in [1.807, 2.05) is 6.07 Å². The first-order chi connectivity index (χ1) is 8.22. The van der Waals surface area contributed by atoms with E-state index in [4.69, 9.17) is 5.73 Å². The molecule has 4 nitrogen and oxygen atoms in total. The third kappa shape index (κ3) is 1.95. The van der Waals surface area contributed by atoms with Crippen LogP contribution in [0.2, 0.25) is 0 Å². The zero-order chi connectivity index (χ0) is 11.8. The Labute approximate surface area is 102 Å². The van der Waals surface area contributed by atoms with Crippen molar-refractivity contribution in [2.75, 3.05) is 17.2 Å². The number of benzene rings is 1. The van der Waals surface area contributed by atoms with Gasteiger partial charge in [-0.25, -0.2) is 4.39 Å². The molecule has 6 heteroatoms. The summed E-state index contributed by atoms with van der Waals surface area (Å²) in [5.41, 5.74) is 7.68. The Morgan fingerprint density at radius 3 is 3.06 bits per heavy atom. The smallest absolute Gasteiger partial charge is 0.203 e. The van der Waals surface area contributed by atoms with Gasteiger partial charge in [0, 0.05) is 12.2 Å². The Balaban J connectivity index is 1.86. The molecule has 0 aliphatic carbocycles. The molecule has 0 radical (unpaired) electrons. The Bertz CT molecular complexity index is 554. The molecule has 2 N–H and O–H groups in total. The van der Waals surface area contributed by atoms with Gasteiger partial charge in [0.1, 0.15) is 10.8 Å². The van der Waals surface area contributed by atoms with E-state index in [1.165, 1.54) is 23.0 Å². The summed E-state index contributed by atoms with van der Waals surface area (Å²) < 4.78 is 13.2. The van der Waals surface area contributed by atoms with Gasteiger partial charge in [-0.15, -0.1) is 10.2 Å². The lowest BCUT2D eigenvalue weighted by Crippen LogP contribution is -2.19. The second kappa shape index (κ2) is 3.96. The van der Waals surface area contributed by atoms with E-state index >= 15 is 0 Å². The number of fused-ring (bicyclic) bond motifs is 1. The molecule has 1 aliphatic rings. The van der Waals surface area contributed by atoms with Gasteiger partial charge in [0.15, 0.2) is 0 Å². The lowest BCUT2D eigenvalue weighted by molar-refractivity contribution is 0.627. The molecule has 0 bridgehead atoms. The van der Waals surface area contributed by atoms with Crippen molar-refractivity contribution in [1.82, 2.24) is 10.2 Å². The van der Waals surface area contributed by atoms with Gasteiger partial charge < -0.3 is 10.6 Å². The zero-order valence-electron chi connectivity index (χ0n) is 9.06. The Hall–Kier alpha value is -1.69. The average molecular weight is 250 g/mol. The molecule has 0 fully saturated rings. The van der Waals surface area contributed by atoms with Crippen LogP contribution >= 0.6 is 11.3 Å². The highest BCUT2D eigenvalue weighted by atomic mass is 32.1. The summed E-state index contributed by atoms with van der Waals surface area (Å²) in [4.78, 5) is 2.11. The maximum atomic E-state index is 13.2. The number of rotatable bonds is 2. The van der Waals surface area contributed by atoms with Crippen molar-refractivity contribution in [3.8, 4) is 0 Å². The van der Waals surface area contributed by atoms with Gasteiger partial charge in [-0.1, -0.05) is 17.4 Å². The Morgan fingerprint density at radius 1 is 1.41 bits per heavy atom. The quantitative estimate of drug-likeness (QED) is 0.883. The molecule has 88 valence electrons. The largest absolute Gasteiger partial charge is 0.374 e. The van der Waals surface area contributed by atoms with Gasteiger partial charge in [0.05, 0.1) is 6.54 Å². The highest BCUT2D eigenvalue weighted by Crippen LogP contribution is 2.30. The lowest BCUT2D eigenvalue weighted by atomic mass is 10.2. The van der Waals surface area contributed by atoms with Crippen molar-refractivity contribution in [1.29, 1.82) is 0 Å². The summed E-state index contributed by atoms with van der Waals surface area (Å²) in [6.45, 7) is 1.53. The van der Waals surface area contributed by atoms with Crippen molar-refractivity contribution in [2.24, 2.45) is 0 Å². The van der Waals surface area contributed by atoms with Crippen LogP contribution < -0.4 is 10.6 Å². The van der Waals surface area contributed by atoms with Crippen LogP contribution in [0.3, 0.4) is 0 Å². The highest BCUT2D eigenvalue weighted by Gasteiger charge is 2.20. The van der Waals surface area contributed by atoms with E-state index in [0.717, 1.165) is 23.7 Å². The number of aromatic nitrogens is 2. The zero-order valence-corrected chi connectivity index (χ0v) is 9.88. The second-order valence-corrected chi connectivity index (χ2v) is 5.07. The minimum Gasteiger partial charge on any atom is -0.374 e. The Morgan fingerprint density at radius 2 is 2.29 bits per heavy atom. The summed E-state index contributed by atoms with van der Waals surface area (Å²) in [6, 6.07) is 4.93. The van der Waals surface area contributed by atoms with Crippen LogP contribution in [0.1, 0.15) is 10.6 Å². The minimum absolute atomic E-state index is 0.201. The molecule has 3 rings (SSSR count). The first kappa shape index (κ1) is 10.5. The van der Waals surface area contributed by atoms with E-state index in [2.05, 4.69) is 15.1 Å². The average Bonchev–Trinajstić information content (AvgIpc) is 2.87. The third-order valence-electron chi connectivity index (χ3n) is 2.85. The summed E-state index contributed by atoms with van der Waals surface area (Å²) in [5.74, 6) is -0.201. The molecule has 0 spiro atoms. The molecule has 0 amide bonds. The molecule has 0 saturated heterocycles. The van der Waals surface area contributed by atoms with Crippen LogP contribution in [-0.2, 0) is 13.0 Å². The molecule has 1 aromatic carbocycles. The molecule has 0 saturated carbocycles. The standard InChI is InChI=1S/C11H11FN4S/c12-8-2-1-7-3-4-16(9(7)5-8)6-10-14-15-11(13)17-10/h1-2,5H,3-4,6H2,(H2,13,15). The van der Waals surface area contributed by atoms with E-state index in [9.17, 15) is 4.39 Å². The van der Waals surface area contributed by atoms with Crippen molar-refractivity contribution in [3.63, 3.8) is 0 Å². The molecule has 17 heavy (non-hydrogen) atoms. The maximum Gasteiger partial charge on any atom is 0.203 e. The van der Waals surface area contributed by atoms with Crippen LogP contribution in [0, 0.1) is 5.82 Å². The summed E-state index contributed by atoms with van der Waals surface area (Å²) in [6.07, 6.45) is 0.948. The number of anilines is 2. The Kier molecular flexibility index (Phi) is 2.44. The predicted octanol–water partition coefficient (Wildman–Crippen LogP) is 1.82. The van der Waals surface area contributed by atoms with E-state index in [0.29, 0.717) is 11.7 Å². The number of nitrogen functional groups attached to an aromatic ring is 1. The van der Waals surface area contributed by atoms with Crippen LogP contribution in [0.5, 0.6) is 0 Å². The second-order valence-electron chi connectivity index (χ2n) is 3.98. The number of halogens is 1. The van der Waals surface area contributed by atoms with Gasteiger partial charge in [0.25, 0.3) is 0 Å². The van der Waals surface area contributed by atoms with Crippen LogP contribution in [-0.4, -0.2) is 16.7 Å². The molecule has 2 aromatic rings. The topological polar surface area (TPSA) is 55.0 Å². The molecular weight excluding hydrogens is 239 g/mol. The van der Waals surface area contributed by atoms with Gasteiger partial charge in [-0.05, 0) is 24.1 Å². The minimum atomic E-state index is -0.201. The summed E-state index contributed by atoms with van der Waals surface area (Å²) in [7, 11) is 0. The van der Waals surface area contributed by atoms with Crippen molar-refractivity contribution in [3.05, 3.63) is 34.6 Å². The molecule has 1 aliphatic heterocycles. The molecule has 0 atom stereocenters. The molecule has 1 aromatic heterocycles. The van der Waals surface area contributed by atoms with Gasteiger partial charge in [-0.3, -0.25) is 0 Å². The first-order valence-corrected chi connectivity index (χ1v) is 6.15. The lowest BCUT2D eigenvalue weighted by Gasteiger charge is -2.17. The monoisotopic (exact) mass is 250 g/mol. The third-order valence-corrected chi connectivity index (χ3v) is 3.58. The summed E-state index contributed by atoms with van der Waals surface area (Å²) in [5, 5.41) is 9.09. The van der Waals surface area contributed by atoms with Crippen LogP contribution in [0.4, 0.5) is 15.2 Å². The van der Waals surface area contributed by atoms with Crippen LogP contribution in [0.15, 0.2) is 18.2 Å². The number of nitrogens with zero attached hydrogens (tertiary/aromatic N) is 3. The number of hydrogen-bond donors (Lipinski definition) is 1.